The molecular weight excluding hydrogens is 296 g/mol. The van der Waals surface area contributed by atoms with E-state index in [0.717, 1.165) is 0 Å². The quantitative estimate of drug-likeness (QED) is 0.832. The van der Waals surface area contributed by atoms with Crippen LogP contribution in [0.1, 0.15) is 21.5 Å². The van der Waals surface area contributed by atoms with Crippen molar-refractivity contribution in [2.45, 2.75) is 13.5 Å². The van der Waals surface area contributed by atoms with Gasteiger partial charge in [0.15, 0.2) is 0 Å². The third kappa shape index (κ3) is 3.39. The zero-order chi connectivity index (χ0) is 15.6. The van der Waals surface area contributed by atoms with Gasteiger partial charge in [-0.2, -0.15) is 0 Å². The number of nitrogens with zero attached hydrogens (tertiary/aromatic N) is 1. The van der Waals surface area contributed by atoms with Gasteiger partial charge < -0.3 is 4.90 Å². The lowest BCUT2D eigenvalue weighted by molar-refractivity contribution is 0.0784. The maximum atomic E-state index is 13.7. The Hall–Kier alpha value is -1.94. The van der Waals surface area contributed by atoms with Crippen molar-refractivity contribution in [1.29, 1.82) is 0 Å². The lowest BCUT2D eigenvalue weighted by Crippen LogP contribution is -2.27. The summed E-state index contributed by atoms with van der Waals surface area (Å²) < 4.78 is 26.9. The molecule has 110 valence electrons. The minimum absolute atomic E-state index is 0.0424. The lowest BCUT2D eigenvalue weighted by Gasteiger charge is -2.19. The molecule has 0 aliphatic carbocycles. The summed E-state index contributed by atoms with van der Waals surface area (Å²) in [5.74, 6) is -1.15. The average Bonchev–Trinajstić information content (AvgIpc) is 2.45. The molecule has 0 fully saturated rings. The molecule has 0 unspecified atom stereocenters. The fourth-order valence-electron chi connectivity index (χ4n) is 1.99. The average molecular weight is 310 g/mol. The van der Waals surface area contributed by atoms with Crippen molar-refractivity contribution in [2.75, 3.05) is 7.05 Å². The molecule has 2 aromatic carbocycles. The van der Waals surface area contributed by atoms with Gasteiger partial charge in [-0.25, -0.2) is 8.78 Å². The Morgan fingerprint density at radius 3 is 2.52 bits per heavy atom. The molecule has 2 nitrogen and oxygen atoms in total. The van der Waals surface area contributed by atoms with Gasteiger partial charge in [0.05, 0.1) is 0 Å². The number of aryl methyl sites for hydroxylation is 1. The van der Waals surface area contributed by atoms with E-state index in [4.69, 9.17) is 11.6 Å². The van der Waals surface area contributed by atoms with Crippen LogP contribution < -0.4 is 0 Å². The predicted molar refractivity (Wildman–Crippen MR) is 78.3 cm³/mol. The van der Waals surface area contributed by atoms with Crippen LogP contribution in [0.2, 0.25) is 5.02 Å². The normalized spacial score (nSPS) is 10.5. The minimum Gasteiger partial charge on any atom is -0.337 e. The Morgan fingerprint density at radius 1 is 1.19 bits per heavy atom. The first-order valence-corrected chi connectivity index (χ1v) is 6.72. The maximum absolute atomic E-state index is 13.7. The summed E-state index contributed by atoms with van der Waals surface area (Å²) in [6.45, 7) is 1.63. The fraction of sp³-hybridized carbons (Fsp3) is 0.188. The number of carbonyl (C=O) groups excluding carboxylic acids is 1. The van der Waals surface area contributed by atoms with Gasteiger partial charge >= 0.3 is 0 Å². The Kier molecular flexibility index (Phi) is 4.58. The van der Waals surface area contributed by atoms with Crippen LogP contribution in [-0.2, 0) is 6.54 Å². The first-order valence-electron chi connectivity index (χ1n) is 6.34. The van der Waals surface area contributed by atoms with Crippen molar-refractivity contribution < 1.29 is 13.6 Å². The summed E-state index contributed by atoms with van der Waals surface area (Å²) in [5, 5.41) is 0.268. The fourth-order valence-corrected chi connectivity index (χ4v) is 2.21. The van der Waals surface area contributed by atoms with E-state index in [1.165, 1.54) is 35.2 Å². The van der Waals surface area contributed by atoms with Crippen LogP contribution in [0.3, 0.4) is 0 Å². The van der Waals surface area contributed by atoms with Crippen molar-refractivity contribution in [2.24, 2.45) is 0 Å². The third-order valence-corrected chi connectivity index (χ3v) is 3.56. The van der Waals surface area contributed by atoms with Crippen molar-refractivity contribution in [3.05, 3.63) is 69.7 Å². The standard InChI is InChI=1S/C16H14ClF2NO/c1-10-8-11(6-7-14(10)18)16(21)20(2)9-12-13(17)4-3-5-15(12)19/h3-8H,9H2,1-2H3. The molecule has 0 heterocycles. The molecule has 0 N–H and O–H groups in total. The number of amides is 1. The first kappa shape index (κ1) is 15.4. The van der Waals surface area contributed by atoms with Crippen molar-refractivity contribution >= 4 is 17.5 Å². The molecule has 0 aliphatic rings. The van der Waals surface area contributed by atoms with Gasteiger partial charge in [0.25, 0.3) is 5.91 Å². The van der Waals surface area contributed by atoms with E-state index >= 15 is 0 Å². The number of hydrogen-bond acceptors (Lipinski definition) is 1. The van der Waals surface area contributed by atoms with E-state index in [1.54, 1.807) is 20.0 Å². The molecule has 0 spiro atoms. The smallest absolute Gasteiger partial charge is 0.253 e. The first-order chi connectivity index (χ1) is 9.90. The number of benzene rings is 2. The van der Waals surface area contributed by atoms with E-state index in [0.29, 0.717) is 11.1 Å². The topological polar surface area (TPSA) is 20.3 Å². The van der Waals surface area contributed by atoms with Gasteiger partial charge in [-0.05, 0) is 42.8 Å². The number of carbonyl (C=O) groups is 1. The second-order valence-corrected chi connectivity index (χ2v) is 5.23. The van der Waals surface area contributed by atoms with Crippen LogP contribution in [0.15, 0.2) is 36.4 Å². The Morgan fingerprint density at radius 2 is 1.90 bits per heavy atom. The van der Waals surface area contributed by atoms with E-state index in [2.05, 4.69) is 0 Å². The molecule has 0 radical (unpaired) electrons. The molecule has 2 aromatic rings. The Balaban J connectivity index is 2.21. The van der Waals surface area contributed by atoms with Gasteiger partial charge in [-0.15, -0.1) is 0 Å². The van der Waals surface area contributed by atoms with Crippen LogP contribution in [0.25, 0.3) is 0 Å². The molecular formula is C16H14ClF2NO. The molecule has 0 bridgehead atoms. The predicted octanol–water partition coefficient (Wildman–Crippen LogP) is 4.20. The molecule has 2 rings (SSSR count). The Bertz CT molecular complexity index is 668. The lowest BCUT2D eigenvalue weighted by atomic mass is 10.1. The van der Waals surface area contributed by atoms with Gasteiger partial charge in [0.2, 0.25) is 0 Å². The van der Waals surface area contributed by atoms with Crippen LogP contribution >= 0.6 is 11.6 Å². The summed E-state index contributed by atoms with van der Waals surface area (Å²) in [6.07, 6.45) is 0. The SMILES string of the molecule is Cc1cc(C(=O)N(C)Cc2c(F)cccc2Cl)ccc1F. The maximum Gasteiger partial charge on any atom is 0.253 e. The van der Waals surface area contributed by atoms with E-state index in [9.17, 15) is 13.6 Å². The second-order valence-electron chi connectivity index (χ2n) is 4.83. The molecule has 0 aliphatic heterocycles. The molecule has 21 heavy (non-hydrogen) atoms. The van der Waals surface area contributed by atoms with Gasteiger partial charge in [0, 0.05) is 29.7 Å². The summed E-state index contributed by atoms with van der Waals surface area (Å²) in [6, 6.07) is 8.49. The highest BCUT2D eigenvalue weighted by atomic mass is 35.5. The molecule has 0 aromatic heterocycles. The van der Waals surface area contributed by atoms with Gasteiger partial charge in [-0.1, -0.05) is 17.7 Å². The van der Waals surface area contributed by atoms with Gasteiger partial charge in [0.1, 0.15) is 11.6 Å². The summed E-state index contributed by atoms with van der Waals surface area (Å²) in [5.41, 5.74) is 0.996. The second kappa shape index (κ2) is 6.22. The van der Waals surface area contributed by atoms with Crippen LogP contribution in [0, 0.1) is 18.6 Å². The van der Waals surface area contributed by atoms with Crippen molar-refractivity contribution in [1.82, 2.24) is 4.90 Å². The highest BCUT2D eigenvalue weighted by Crippen LogP contribution is 2.21. The van der Waals surface area contributed by atoms with Crippen LogP contribution in [0.4, 0.5) is 8.78 Å². The summed E-state index contributed by atoms with van der Waals surface area (Å²) in [4.78, 5) is 13.6. The summed E-state index contributed by atoms with van der Waals surface area (Å²) >= 11 is 5.94. The highest BCUT2D eigenvalue weighted by Gasteiger charge is 2.16. The molecule has 0 saturated carbocycles. The zero-order valence-corrected chi connectivity index (χ0v) is 12.4. The Labute approximate surface area is 127 Å². The monoisotopic (exact) mass is 309 g/mol. The minimum atomic E-state index is -0.461. The number of hydrogen-bond donors (Lipinski definition) is 0. The number of rotatable bonds is 3. The number of halogens is 3. The highest BCUT2D eigenvalue weighted by molar-refractivity contribution is 6.31. The van der Waals surface area contributed by atoms with Crippen molar-refractivity contribution in [3.8, 4) is 0 Å². The molecule has 5 heteroatoms. The van der Waals surface area contributed by atoms with E-state index in [1.807, 2.05) is 0 Å². The molecule has 1 amide bonds. The van der Waals surface area contributed by atoms with Crippen LogP contribution in [-0.4, -0.2) is 17.9 Å². The van der Waals surface area contributed by atoms with Crippen LogP contribution in [0.5, 0.6) is 0 Å². The molecule has 0 atom stereocenters. The largest absolute Gasteiger partial charge is 0.337 e. The van der Waals surface area contributed by atoms with E-state index in [-0.39, 0.29) is 28.9 Å². The van der Waals surface area contributed by atoms with E-state index < -0.39 is 5.82 Å². The summed E-state index contributed by atoms with van der Waals surface area (Å²) in [7, 11) is 1.55. The zero-order valence-electron chi connectivity index (χ0n) is 11.7. The van der Waals surface area contributed by atoms with Gasteiger partial charge in [-0.3, -0.25) is 4.79 Å². The van der Waals surface area contributed by atoms with Crippen molar-refractivity contribution in [3.63, 3.8) is 0 Å². The molecule has 0 saturated heterocycles. The third-order valence-electron chi connectivity index (χ3n) is 3.21.